The maximum absolute atomic E-state index is 14.3. The van der Waals surface area contributed by atoms with Crippen molar-refractivity contribution in [1.82, 2.24) is 25.8 Å². The number of ether oxygens (including phenoxy) is 3. The van der Waals surface area contributed by atoms with Gasteiger partial charge in [-0.2, -0.15) is 0 Å². The van der Waals surface area contributed by atoms with Crippen LogP contribution in [0.1, 0.15) is 73.3 Å². The van der Waals surface area contributed by atoms with E-state index in [2.05, 4.69) is 16.0 Å². The van der Waals surface area contributed by atoms with Crippen molar-refractivity contribution in [3.8, 4) is 0 Å². The highest BCUT2D eigenvalue weighted by molar-refractivity contribution is 5.90. The molecule has 1 fully saturated rings. The van der Waals surface area contributed by atoms with Crippen LogP contribution in [0.25, 0.3) is 0 Å². The highest BCUT2D eigenvalue weighted by atomic mass is 16.5. The van der Waals surface area contributed by atoms with Crippen molar-refractivity contribution in [3.63, 3.8) is 0 Å². The molecule has 0 radical (unpaired) electrons. The molecular weight excluding hydrogens is 650 g/mol. The number of amides is 4. The lowest BCUT2D eigenvalue weighted by Crippen LogP contribution is -2.59. The highest BCUT2D eigenvalue weighted by Crippen LogP contribution is 2.30. The summed E-state index contributed by atoms with van der Waals surface area (Å²) in [6.07, 6.45) is 0.567. The minimum atomic E-state index is -0.759. The van der Waals surface area contributed by atoms with Gasteiger partial charge in [0.1, 0.15) is 6.04 Å². The van der Waals surface area contributed by atoms with E-state index in [1.54, 1.807) is 45.2 Å². The van der Waals surface area contributed by atoms with Gasteiger partial charge in [0.25, 0.3) is 0 Å². The summed E-state index contributed by atoms with van der Waals surface area (Å²) in [5.41, 5.74) is 1.14. The van der Waals surface area contributed by atoms with Crippen molar-refractivity contribution in [2.24, 2.45) is 23.7 Å². The van der Waals surface area contributed by atoms with Gasteiger partial charge in [-0.1, -0.05) is 85.2 Å². The van der Waals surface area contributed by atoms with Gasteiger partial charge in [0.15, 0.2) is 0 Å². The summed E-state index contributed by atoms with van der Waals surface area (Å²) in [4.78, 5) is 58.4. The van der Waals surface area contributed by atoms with E-state index in [1.807, 2.05) is 78.8 Å². The molecule has 2 unspecified atom stereocenters. The summed E-state index contributed by atoms with van der Waals surface area (Å²) in [5, 5.41) is 9.08. The second-order valence-electron chi connectivity index (χ2n) is 14.8. The van der Waals surface area contributed by atoms with Crippen LogP contribution in [0.5, 0.6) is 0 Å². The molecule has 51 heavy (non-hydrogen) atoms. The molecule has 12 nitrogen and oxygen atoms in total. The Kier molecular flexibility index (Phi) is 18.6. The molecule has 1 aliphatic heterocycles. The van der Waals surface area contributed by atoms with E-state index in [4.69, 9.17) is 14.2 Å². The number of nitrogens with zero attached hydrogens (tertiary/aromatic N) is 2. The Labute approximate surface area is 307 Å². The van der Waals surface area contributed by atoms with Crippen LogP contribution < -0.4 is 16.0 Å². The van der Waals surface area contributed by atoms with Gasteiger partial charge in [-0.3, -0.25) is 19.2 Å². The Hall–Kier alpha value is -3.06. The van der Waals surface area contributed by atoms with Gasteiger partial charge in [0.2, 0.25) is 23.6 Å². The quantitative estimate of drug-likeness (QED) is 0.176. The van der Waals surface area contributed by atoms with Crippen molar-refractivity contribution >= 4 is 23.6 Å². The van der Waals surface area contributed by atoms with Crippen molar-refractivity contribution < 1.29 is 33.4 Å². The van der Waals surface area contributed by atoms with E-state index in [0.717, 1.165) is 12.0 Å². The van der Waals surface area contributed by atoms with Crippen LogP contribution in [0.2, 0.25) is 0 Å². The molecule has 1 aromatic rings. The van der Waals surface area contributed by atoms with Crippen LogP contribution in [0, 0.1) is 23.7 Å². The lowest BCUT2D eigenvalue weighted by atomic mass is 9.89. The Morgan fingerprint density at radius 2 is 1.55 bits per heavy atom. The molecule has 0 aromatic heterocycles. The molecule has 1 aliphatic rings. The lowest BCUT2D eigenvalue weighted by molar-refractivity contribution is -0.147. The van der Waals surface area contributed by atoms with Gasteiger partial charge in [-0.05, 0) is 43.2 Å². The topological polar surface area (TPSA) is 139 Å². The Bertz CT molecular complexity index is 1230. The summed E-state index contributed by atoms with van der Waals surface area (Å²) >= 11 is 0. The van der Waals surface area contributed by atoms with Crippen LogP contribution in [-0.4, -0.2) is 124 Å². The van der Waals surface area contributed by atoms with Crippen molar-refractivity contribution in [2.45, 2.75) is 117 Å². The van der Waals surface area contributed by atoms with Gasteiger partial charge in [0, 0.05) is 41.5 Å². The molecule has 3 N–H and O–H groups in total. The zero-order valence-electron chi connectivity index (χ0n) is 33.2. The minimum absolute atomic E-state index is 0.0119. The fraction of sp³-hybridized carbons (Fsp3) is 0.744. The Balaban J connectivity index is 2.28. The first-order valence-electron chi connectivity index (χ1n) is 18.6. The van der Waals surface area contributed by atoms with Crippen molar-refractivity contribution in [3.05, 3.63) is 35.9 Å². The van der Waals surface area contributed by atoms with Crippen molar-refractivity contribution in [1.29, 1.82) is 0 Å². The molecule has 1 saturated heterocycles. The molecule has 0 saturated carbocycles. The van der Waals surface area contributed by atoms with E-state index >= 15 is 0 Å². The third-order valence-electron chi connectivity index (χ3n) is 10.6. The standard InChI is InChI=1S/C39H67N5O7/c1-13-26(6)35(43(9)39(48)34(25(4)5)42-38(47)33(40-8)24(2)3)31(50-11)22-32(45)44-23-29(49-10)21-30(44)36(51-12)27(7)37(46)41-20-19-28-17-15-14-16-18-28/h14-18,24-27,29-31,33-36,40H,13,19-23H2,1-12H3,(H,41,46)(H,42,47)/t26-,27?,29-,30-,31+,33-,34-,35?,36+/m0/s1. The molecule has 1 aromatic carbocycles. The fourth-order valence-electron chi connectivity index (χ4n) is 7.34. The monoisotopic (exact) mass is 718 g/mol. The molecule has 2 rings (SSSR count). The average molecular weight is 718 g/mol. The first-order valence-corrected chi connectivity index (χ1v) is 18.6. The van der Waals surface area contributed by atoms with Crippen LogP contribution >= 0.6 is 0 Å². The Morgan fingerprint density at radius 1 is 0.922 bits per heavy atom. The van der Waals surface area contributed by atoms with Crippen LogP contribution in [0.15, 0.2) is 30.3 Å². The number of carbonyl (C=O) groups excluding carboxylic acids is 4. The molecule has 290 valence electrons. The van der Waals surface area contributed by atoms with Crippen LogP contribution in [0.3, 0.4) is 0 Å². The largest absolute Gasteiger partial charge is 0.380 e. The summed E-state index contributed by atoms with van der Waals surface area (Å²) in [6.45, 7) is 14.5. The molecule has 1 heterocycles. The number of benzene rings is 1. The molecule has 0 spiro atoms. The predicted molar refractivity (Wildman–Crippen MR) is 200 cm³/mol. The summed E-state index contributed by atoms with van der Waals surface area (Å²) in [6, 6.07) is 7.92. The third kappa shape index (κ3) is 12.0. The van der Waals surface area contributed by atoms with E-state index in [9.17, 15) is 19.2 Å². The van der Waals surface area contributed by atoms with E-state index in [0.29, 0.717) is 25.9 Å². The predicted octanol–water partition coefficient (Wildman–Crippen LogP) is 3.28. The fourth-order valence-corrected chi connectivity index (χ4v) is 7.34. The number of hydrogen-bond acceptors (Lipinski definition) is 8. The zero-order valence-corrected chi connectivity index (χ0v) is 33.2. The van der Waals surface area contributed by atoms with Crippen molar-refractivity contribution in [2.75, 3.05) is 48.5 Å². The zero-order chi connectivity index (χ0) is 38.4. The highest BCUT2D eigenvalue weighted by Gasteiger charge is 2.45. The molecule has 0 aliphatic carbocycles. The summed E-state index contributed by atoms with van der Waals surface area (Å²) in [7, 11) is 8.22. The van der Waals surface area contributed by atoms with Gasteiger partial charge in [-0.25, -0.2) is 0 Å². The van der Waals surface area contributed by atoms with E-state index in [-0.39, 0.29) is 53.9 Å². The number of hydrogen-bond donors (Lipinski definition) is 3. The number of methoxy groups -OCH3 is 3. The first-order chi connectivity index (χ1) is 24.2. The number of nitrogens with one attached hydrogen (secondary N) is 3. The molecular formula is C39H67N5O7. The van der Waals surface area contributed by atoms with Gasteiger partial charge >= 0.3 is 0 Å². The SMILES string of the molecule is CC[C@H](C)C([C@@H](CC(=O)N1C[C@@H](OC)C[C@H]1[C@H](OC)C(C)C(=O)NCCc1ccccc1)OC)N(C)C(=O)[C@@H](NC(=O)[C@@H](NC)C(C)C)C(C)C. The maximum atomic E-state index is 14.3. The number of likely N-dealkylation sites (N-methyl/N-ethyl adjacent to an activating group) is 2. The lowest BCUT2D eigenvalue weighted by Gasteiger charge is -2.41. The van der Waals surface area contributed by atoms with Gasteiger partial charge in [0.05, 0.1) is 48.8 Å². The second-order valence-corrected chi connectivity index (χ2v) is 14.8. The smallest absolute Gasteiger partial charge is 0.245 e. The van der Waals surface area contributed by atoms with Gasteiger partial charge in [-0.15, -0.1) is 0 Å². The molecule has 0 bridgehead atoms. The van der Waals surface area contributed by atoms with E-state index < -0.39 is 42.3 Å². The first kappa shape index (κ1) is 44.1. The molecule has 9 atom stereocenters. The number of likely N-dealkylation sites (tertiary alicyclic amines) is 1. The Morgan fingerprint density at radius 3 is 2.06 bits per heavy atom. The summed E-state index contributed by atoms with van der Waals surface area (Å²) < 4.78 is 17.7. The van der Waals surface area contributed by atoms with Crippen LogP contribution in [0.4, 0.5) is 0 Å². The third-order valence-corrected chi connectivity index (χ3v) is 10.6. The summed E-state index contributed by atoms with van der Waals surface area (Å²) in [5.74, 6) is -1.46. The second kappa shape index (κ2) is 21.5. The number of carbonyl (C=O) groups is 4. The van der Waals surface area contributed by atoms with Crippen LogP contribution in [-0.2, 0) is 39.8 Å². The normalized spacial score (nSPS) is 20.3. The molecule has 12 heteroatoms. The maximum Gasteiger partial charge on any atom is 0.245 e. The number of rotatable bonds is 21. The minimum Gasteiger partial charge on any atom is -0.380 e. The molecule has 4 amide bonds. The van der Waals surface area contributed by atoms with Gasteiger partial charge < -0.3 is 40.0 Å². The average Bonchev–Trinajstić information content (AvgIpc) is 3.54. The van der Waals surface area contributed by atoms with E-state index in [1.165, 1.54) is 0 Å².